The smallest absolute Gasteiger partial charge is 0.0889 e. The summed E-state index contributed by atoms with van der Waals surface area (Å²) < 4.78 is 0. The summed E-state index contributed by atoms with van der Waals surface area (Å²) >= 11 is 0. The van der Waals surface area contributed by atoms with Gasteiger partial charge in [-0.15, -0.1) is 0 Å². The minimum absolute atomic E-state index is 0.199. The molecule has 0 fully saturated rings. The SMILES string of the molecule is Cc1ccccc1[C@]1(C)Cc2ccccc2[C@H]1O. The Bertz CT molecular complexity index is 588. The molecule has 0 radical (unpaired) electrons. The molecule has 0 amide bonds. The summed E-state index contributed by atoms with van der Waals surface area (Å²) in [5.41, 5.74) is 4.68. The van der Waals surface area contributed by atoms with E-state index >= 15 is 0 Å². The molecule has 0 bridgehead atoms. The second kappa shape index (κ2) is 3.96. The molecule has 0 aromatic heterocycles. The summed E-state index contributed by atoms with van der Waals surface area (Å²) in [6.07, 6.45) is 0.504. The summed E-state index contributed by atoms with van der Waals surface area (Å²) in [5.74, 6) is 0. The Morgan fingerprint density at radius 1 is 1.06 bits per heavy atom. The molecule has 0 heterocycles. The van der Waals surface area contributed by atoms with Crippen LogP contribution in [-0.4, -0.2) is 5.11 Å². The summed E-state index contributed by atoms with van der Waals surface area (Å²) in [5, 5.41) is 10.7. The molecule has 1 heteroatoms. The second-order valence-electron chi connectivity index (χ2n) is 5.51. The highest BCUT2D eigenvalue weighted by atomic mass is 16.3. The Kier molecular flexibility index (Phi) is 2.53. The zero-order valence-electron chi connectivity index (χ0n) is 10.9. The molecular weight excluding hydrogens is 220 g/mol. The Morgan fingerprint density at radius 2 is 1.72 bits per heavy atom. The molecule has 1 N–H and O–H groups in total. The molecule has 2 atom stereocenters. The maximum absolute atomic E-state index is 10.7. The highest BCUT2D eigenvalue weighted by molar-refractivity contribution is 5.46. The number of aryl methyl sites for hydroxylation is 1. The van der Waals surface area contributed by atoms with Gasteiger partial charge in [-0.05, 0) is 35.6 Å². The first-order valence-corrected chi connectivity index (χ1v) is 6.45. The maximum Gasteiger partial charge on any atom is 0.0889 e. The first-order chi connectivity index (χ1) is 8.63. The van der Waals surface area contributed by atoms with Gasteiger partial charge in [0.25, 0.3) is 0 Å². The van der Waals surface area contributed by atoms with Gasteiger partial charge < -0.3 is 5.11 Å². The quantitative estimate of drug-likeness (QED) is 0.805. The van der Waals surface area contributed by atoms with E-state index in [1.54, 1.807) is 0 Å². The zero-order valence-corrected chi connectivity index (χ0v) is 10.9. The van der Waals surface area contributed by atoms with E-state index in [0.717, 1.165) is 12.0 Å². The third-order valence-electron chi connectivity index (χ3n) is 4.27. The van der Waals surface area contributed by atoms with Crippen LogP contribution in [0.15, 0.2) is 48.5 Å². The number of aliphatic hydroxyl groups excluding tert-OH is 1. The van der Waals surface area contributed by atoms with Crippen LogP contribution in [0.5, 0.6) is 0 Å². The molecule has 0 aliphatic heterocycles. The number of rotatable bonds is 1. The summed E-state index contributed by atoms with van der Waals surface area (Å²) in [7, 11) is 0. The highest BCUT2D eigenvalue weighted by Crippen LogP contribution is 2.47. The van der Waals surface area contributed by atoms with Gasteiger partial charge in [0.1, 0.15) is 0 Å². The standard InChI is InChI=1S/C17H18O/c1-12-7-3-6-10-15(12)17(2)11-13-8-4-5-9-14(13)16(17)18/h3-10,16,18H,11H2,1-2H3/t16-,17+/m1/s1. The van der Waals surface area contributed by atoms with Gasteiger partial charge in [-0.3, -0.25) is 0 Å². The van der Waals surface area contributed by atoms with E-state index in [0.29, 0.717) is 0 Å². The molecule has 1 aliphatic rings. The lowest BCUT2D eigenvalue weighted by Gasteiger charge is -2.30. The molecule has 92 valence electrons. The Hall–Kier alpha value is -1.60. The van der Waals surface area contributed by atoms with Gasteiger partial charge in [0.05, 0.1) is 6.10 Å². The van der Waals surface area contributed by atoms with E-state index in [1.165, 1.54) is 16.7 Å². The van der Waals surface area contributed by atoms with Crippen LogP contribution in [-0.2, 0) is 11.8 Å². The molecule has 0 saturated heterocycles. The maximum atomic E-state index is 10.7. The van der Waals surface area contributed by atoms with Crippen LogP contribution in [0.4, 0.5) is 0 Å². The molecule has 2 aromatic rings. The fourth-order valence-electron chi connectivity index (χ4n) is 3.25. The number of hydrogen-bond donors (Lipinski definition) is 1. The molecule has 0 spiro atoms. The molecule has 2 aromatic carbocycles. The number of benzene rings is 2. The average Bonchev–Trinajstić information content (AvgIpc) is 2.64. The second-order valence-corrected chi connectivity index (χ2v) is 5.51. The van der Waals surface area contributed by atoms with Crippen molar-refractivity contribution in [1.82, 2.24) is 0 Å². The topological polar surface area (TPSA) is 20.2 Å². The Morgan fingerprint density at radius 3 is 2.44 bits per heavy atom. The number of fused-ring (bicyclic) bond motifs is 1. The predicted octanol–water partition coefficient (Wildman–Crippen LogP) is 3.54. The van der Waals surface area contributed by atoms with Crippen molar-refractivity contribution in [2.45, 2.75) is 31.8 Å². The van der Waals surface area contributed by atoms with Gasteiger partial charge in [0, 0.05) is 5.41 Å². The minimum atomic E-state index is -0.408. The fraction of sp³-hybridized carbons (Fsp3) is 0.294. The first-order valence-electron chi connectivity index (χ1n) is 6.45. The van der Waals surface area contributed by atoms with Gasteiger partial charge >= 0.3 is 0 Å². The van der Waals surface area contributed by atoms with Crippen LogP contribution in [0.25, 0.3) is 0 Å². The van der Waals surface area contributed by atoms with Crippen LogP contribution in [0.1, 0.15) is 35.3 Å². The predicted molar refractivity (Wildman–Crippen MR) is 73.6 cm³/mol. The monoisotopic (exact) mass is 238 g/mol. The van der Waals surface area contributed by atoms with Crippen molar-refractivity contribution in [2.24, 2.45) is 0 Å². The van der Waals surface area contributed by atoms with E-state index in [-0.39, 0.29) is 5.41 Å². The Labute approximate surface area is 108 Å². The largest absolute Gasteiger partial charge is 0.387 e. The van der Waals surface area contributed by atoms with E-state index in [1.807, 2.05) is 12.1 Å². The first kappa shape index (κ1) is 11.5. The van der Waals surface area contributed by atoms with Crippen molar-refractivity contribution >= 4 is 0 Å². The van der Waals surface area contributed by atoms with Gasteiger partial charge in [-0.2, -0.15) is 0 Å². The average molecular weight is 238 g/mol. The van der Waals surface area contributed by atoms with Crippen molar-refractivity contribution in [3.05, 3.63) is 70.8 Å². The molecular formula is C17H18O. The van der Waals surface area contributed by atoms with Gasteiger partial charge in [-0.25, -0.2) is 0 Å². The van der Waals surface area contributed by atoms with Crippen LogP contribution in [0.2, 0.25) is 0 Å². The molecule has 0 saturated carbocycles. The van der Waals surface area contributed by atoms with E-state index in [4.69, 9.17) is 0 Å². The summed E-state index contributed by atoms with van der Waals surface area (Å²) in [6, 6.07) is 16.6. The van der Waals surface area contributed by atoms with Crippen LogP contribution in [0.3, 0.4) is 0 Å². The van der Waals surface area contributed by atoms with Crippen LogP contribution < -0.4 is 0 Å². The molecule has 1 nitrogen and oxygen atoms in total. The third-order valence-corrected chi connectivity index (χ3v) is 4.27. The molecule has 18 heavy (non-hydrogen) atoms. The molecule has 0 unspecified atom stereocenters. The van der Waals surface area contributed by atoms with Gasteiger partial charge in [0.15, 0.2) is 0 Å². The molecule has 1 aliphatic carbocycles. The van der Waals surface area contributed by atoms with Crippen molar-refractivity contribution in [3.63, 3.8) is 0 Å². The minimum Gasteiger partial charge on any atom is -0.387 e. The van der Waals surface area contributed by atoms with Crippen molar-refractivity contribution in [3.8, 4) is 0 Å². The Balaban J connectivity index is 2.12. The number of hydrogen-bond acceptors (Lipinski definition) is 1. The van der Waals surface area contributed by atoms with E-state index in [9.17, 15) is 5.11 Å². The van der Waals surface area contributed by atoms with E-state index in [2.05, 4.69) is 50.2 Å². The van der Waals surface area contributed by atoms with Crippen molar-refractivity contribution in [1.29, 1.82) is 0 Å². The lowest BCUT2D eigenvalue weighted by atomic mass is 9.76. The van der Waals surface area contributed by atoms with Gasteiger partial charge in [-0.1, -0.05) is 55.5 Å². The molecule has 3 rings (SSSR count). The lowest BCUT2D eigenvalue weighted by Crippen LogP contribution is -2.28. The summed E-state index contributed by atoms with van der Waals surface area (Å²) in [6.45, 7) is 4.29. The normalized spacial score (nSPS) is 26.1. The van der Waals surface area contributed by atoms with E-state index < -0.39 is 6.10 Å². The van der Waals surface area contributed by atoms with Crippen LogP contribution >= 0.6 is 0 Å². The fourth-order valence-corrected chi connectivity index (χ4v) is 3.25. The lowest BCUT2D eigenvalue weighted by molar-refractivity contribution is 0.105. The third kappa shape index (κ3) is 1.51. The zero-order chi connectivity index (χ0) is 12.8. The van der Waals surface area contributed by atoms with Gasteiger partial charge in [0.2, 0.25) is 0 Å². The van der Waals surface area contributed by atoms with Crippen molar-refractivity contribution < 1.29 is 5.11 Å². The van der Waals surface area contributed by atoms with Crippen LogP contribution in [0, 0.1) is 6.92 Å². The highest BCUT2D eigenvalue weighted by Gasteiger charge is 2.43. The summed E-state index contributed by atoms with van der Waals surface area (Å²) in [4.78, 5) is 0. The number of aliphatic hydroxyl groups is 1. The van der Waals surface area contributed by atoms with Crippen molar-refractivity contribution in [2.75, 3.05) is 0 Å².